The highest BCUT2D eigenvalue weighted by Gasteiger charge is 2.29. The van der Waals surface area contributed by atoms with Crippen molar-refractivity contribution in [1.29, 1.82) is 0 Å². The minimum Gasteiger partial charge on any atom is -0.360 e. The lowest BCUT2D eigenvalue weighted by Crippen LogP contribution is -2.46. The topological polar surface area (TPSA) is 76.2 Å². The van der Waals surface area contributed by atoms with E-state index >= 15 is 0 Å². The molecule has 2 atom stereocenters. The van der Waals surface area contributed by atoms with Crippen LogP contribution in [0, 0.1) is 6.92 Å². The third-order valence-corrected chi connectivity index (χ3v) is 4.54. The summed E-state index contributed by atoms with van der Waals surface area (Å²) in [6.07, 6.45) is 4.04. The van der Waals surface area contributed by atoms with Gasteiger partial charge < -0.3 is 9.84 Å². The van der Waals surface area contributed by atoms with Crippen molar-refractivity contribution in [3.05, 3.63) is 29.8 Å². The van der Waals surface area contributed by atoms with Gasteiger partial charge in [0.05, 0.1) is 6.04 Å². The van der Waals surface area contributed by atoms with E-state index < -0.39 is 0 Å². The van der Waals surface area contributed by atoms with Gasteiger partial charge >= 0.3 is 0 Å². The van der Waals surface area contributed by atoms with Crippen LogP contribution >= 0.6 is 0 Å². The van der Waals surface area contributed by atoms with E-state index in [9.17, 15) is 4.79 Å². The molecule has 0 aromatic carbocycles. The fourth-order valence-corrected chi connectivity index (χ4v) is 3.21. The number of carbonyl (C=O) groups is 1. The first-order valence-electron chi connectivity index (χ1n) is 8.00. The zero-order chi connectivity index (χ0) is 16.4. The van der Waals surface area contributed by atoms with E-state index in [2.05, 4.69) is 26.5 Å². The molecule has 3 rings (SSSR count). The molecule has 0 radical (unpaired) electrons. The molecule has 23 heavy (non-hydrogen) atoms. The molecular weight excluding hydrogens is 294 g/mol. The summed E-state index contributed by atoms with van der Waals surface area (Å²) in [6, 6.07) is 3.58. The monoisotopic (exact) mass is 317 g/mol. The van der Waals surface area contributed by atoms with Gasteiger partial charge in [0.25, 0.3) is 0 Å². The summed E-state index contributed by atoms with van der Waals surface area (Å²) in [5, 5.41) is 10.9. The van der Waals surface area contributed by atoms with E-state index in [0.29, 0.717) is 17.5 Å². The fourth-order valence-electron chi connectivity index (χ4n) is 3.21. The molecular formula is C16H23N5O2. The van der Waals surface area contributed by atoms with Crippen molar-refractivity contribution in [1.82, 2.24) is 19.8 Å². The number of piperidine rings is 1. The van der Waals surface area contributed by atoms with Crippen LogP contribution < -0.4 is 5.32 Å². The Morgan fingerprint density at radius 2 is 2.35 bits per heavy atom. The van der Waals surface area contributed by atoms with Crippen LogP contribution in [0.5, 0.6) is 0 Å². The number of nitrogens with one attached hydrogen (secondary N) is 1. The molecule has 3 heterocycles. The molecule has 1 aliphatic heterocycles. The quantitative estimate of drug-likeness (QED) is 0.932. The molecule has 2 aromatic rings. The summed E-state index contributed by atoms with van der Waals surface area (Å²) in [5.74, 6) is 1.52. The maximum atomic E-state index is 12.4. The largest absolute Gasteiger partial charge is 0.360 e. The van der Waals surface area contributed by atoms with Crippen LogP contribution in [0.25, 0.3) is 0 Å². The number of likely N-dealkylation sites (tertiary alicyclic amines) is 1. The van der Waals surface area contributed by atoms with Crippen molar-refractivity contribution in [2.24, 2.45) is 7.05 Å². The first-order chi connectivity index (χ1) is 11.0. The summed E-state index contributed by atoms with van der Waals surface area (Å²) in [6.45, 7) is 5.54. The van der Waals surface area contributed by atoms with Crippen molar-refractivity contribution in [2.75, 3.05) is 18.4 Å². The minimum absolute atomic E-state index is 0.0519. The Labute approximate surface area is 135 Å². The van der Waals surface area contributed by atoms with Crippen molar-refractivity contribution in [3.8, 4) is 0 Å². The van der Waals surface area contributed by atoms with Crippen LogP contribution in [-0.2, 0) is 11.8 Å². The minimum atomic E-state index is -0.206. The van der Waals surface area contributed by atoms with Crippen LogP contribution in [0.3, 0.4) is 0 Å². The van der Waals surface area contributed by atoms with Crippen molar-refractivity contribution in [3.63, 3.8) is 0 Å². The maximum absolute atomic E-state index is 12.4. The predicted molar refractivity (Wildman–Crippen MR) is 86.1 cm³/mol. The van der Waals surface area contributed by atoms with Crippen LogP contribution in [0.2, 0.25) is 0 Å². The Morgan fingerprint density at radius 3 is 3.00 bits per heavy atom. The second-order valence-electron chi connectivity index (χ2n) is 6.20. The smallest absolute Gasteiger partial charge is 0.242 e. The van der Waals surface area contributed by atoms with E-state index in [-0.39, 0.29) is 11.9 Å². The maximum Gasteiger partial charge on any atom is 0.242 e. The molecule has 1 amide bonds. The van der Waals surface area contributed by atoms with E-state index in [1.165, 1.54) is 5.69 Å². The van der Waals surface area contributed by atoms with Gasteiger partial charge in [-0.05, 0) is 39.3 Å². The van der Waals surface area contributed by atoms with Crippen molar-refractivity contribution < 1.29 is 9.32 Å². The molecule has 0 spiro atoms. The first kappa shape index (κ1) is 15.7. The Morgan fingerprint density at radius 1 is 1.52 bits per heavy atom. The molecule has 7 nitrogen and oxygen atoms in total. The second kappa shape index (κ2) is 6.54. The molecule has 0 aliphatic carbocycles. The van der Waals surface area contributed by atoms with Gasteiger partial charge in [0.2, 0.25) is 5.91 Å². The number of amides is 1. The van der Waals surface area contributed by atoms with Crippen LogP contribution in [0.1, 0.15) is 37.1 Å². The predicted octanol–water partition coefficient (Wildman–Crippen LogP) is 1.92. The standard InChI is InChI=1S/C16H23N5O2/c1-11-9-15(19-23-11)18-16(22)12(2)21-8-4-5-13(10-21)14-6-7-17-20(14)3/h6-7,9,12-13H,4-5,8,10H2,1-3H3,(H,18,19,22)/t12-,13-/m1/s1. The average Bonchev–Trinajstić information content (AvgIpc) is 3.15. The van der Waals surface area contributed by atoms with Crippen LogP contribution in [0.15, 0.2) is 22.9 Å². The molecule has 1 aliphatic rings. The lowest BCUT2D eigenvalue weighted by molar-refractivity contribution is -0.121. The number of rotatable bonds is 4. The lowest BCUT2D eigenvalue weighted by atomic mass is 9.93. The highest BCUT2D eigenvalue weighted by molar-refractivity contribution is 5.93. The molecule has 0 bridgehead atoms. The summed E-state index contributed by atoms with van der Waals surface area (Å²) in [7, 11) is 1.97. The Balaban J connectivity index is 1.63. The zero-order valence-electron chi connectivity index (χ0n) is 13.8. The van der Waals surface area contributed by atoms with Crippen LogP contribution in [0.4, 0.5) is 5.82 Å². The lowest BCUT2D eigenvalue weighted by Gasteiger charge is -2.36. The van der Waals surface area contributed by atoms with Crippen molar-refractivity contribution in [2.45, 2.75) is 38.6 Å². The molecule has 1 N–H and O–H groups in total. The van der Waals surface area contributed by atoms with Gasteiger partial charge in [0.1, 0.15) is 5.76 Å². The fraction of sp³-hybridized carbons (Fsp3) is 0.562. The molecule has 7 heteroatoms. The third kappa shape index (κ3) is 3.44. The van der Waals surface area contributed by atoms with E-state index in [0.717, 1.165) is 25.9 Å². The summed E-state index contributed by atoms with van der Waals surface area (Å²) < 4.78 is 6.91. The molecule has 2 aromatic heterocycles. The summed E-state index contributed by atoms with van der Waals surface area (Å²) in [5.41, 5.74) is 1.23. The molecule has 1 saturated heterocycles. The molecule has 124 valence electrons. The number of aryl methyl sites for hydroxylation is 2. The molecule has 1 fully saturated rings. The number of anilines is 1. The van der Waals surface area contributed by atoms with E-state index in [4.69, 9.17) is 4.52 Å². The zero-order valence-corrected chi connectivity index (χ0v) is 13.8. The average molecular weight is 317 g/mol. The van der Waals surface area contributed by atoms with Gasteiger partial charge in [-0.15, -0.1) is 0 Å². The Hall–Kier alpha value is -2.15. The molecule has 0 saturated carbocycles. The number of hydrogen-bond acceptors (Lipinski definition) is 5. The van der Waals surface area contributed by atoms with E-state index in [1.807, 2.05) is 24.9 Å². The Kier molecular flexibility index (Phi) is 4.47. The summed E-state index contributed by atoms with van der Waals surface area (Å²) in [4.78, 5) is 14.7. The third-order valence-electron chi connectivity index (χ3n) is 4.54. The normalized spacial score (nSPS) is 20.4. The number of carbonyl (C=O) groups excluding carboxylic acids is 1. The number of aromatic nitrogens is 3. The van der Waals surface area contributed by atoms with Gasteiger partial charge in [-0.1, -0.05) is 5.16 Å². The summed E-state index contributed by atoms with van der Waals surface area (Å²) >= 11 is 0. The Bertz CT molecular complexity index is 678. The van der Waals surface area contributed by atoms with Gasteiger partial charge in [0, 0.05) is 37.5 Å². The van der Waals surface area contributed by atoms with E-state index in [1.54, 1.807) is 13.0 Å². The second-order valence-corrected chi connectivity index (χ2v) is 6.20. The number of nitrogens with zero attached hydrogens (tertiary/aromatic N) is 4. The van der Waals surface area contributed by atoms with Crippen molar-refractivity contribution >= 4 is 11.7 Å². The SMILES string of the molecule is Cc1cc(NC(=O)[C@@H](C)N2CCC[C@@H](c3ccnn3C)C2)no1. The number of hydrogen-bond donors (Lipinski definition) is 1. The first-order valence-corrected chi connectivity index (χ1v) is 8.00. The highest BCUT2D eigenvalue weighted by atomic mass is 16.5. The van der Waals surface area contributed by atoms with Crippen LogP contribution in [-0.4, -0.2) is 44.9 Å². The van der Waals surface area contributed by atoms with Gasteiger partial charge in [-0.25, -0.2) is 0 Å². The highest BCUT2D eigenvalue weighted by Crippen LogP contribution is 2.27. The van der Waals surface area contributed by atoms with Gasteiger partial charge in [-0.3, -0.25) is 14.4 Å². The van der Waals surface area contributed by atoms with Gasteiger partial charge in [0.15, 0.2) is 5.82 Å². The van der Waals surface area contributed by atoms with Gasteiger partial charge in [-0.2, -0.15) is 5.10 Å². The molecule has 0 unspecified atom stereocenters.